The van der Waals surface area contributed by atoms with Gasteiger partial charge in [0.2, 0.25) is 20.7 Å². The summed E-state index contributed by atoms with van der Waals surface area (Å²) < 4.78 is 35.1. The van der Waals surface area contributed by atoms with Gasteiger partial charge in [0.25, 0.3) is 0 Å². The van der Waals surface area contributed by atoms with Crippen LogP contribution < -0.4 is 4.74 Å². The van der Waals surface area contributed by atoms with Crippen LogP contribution in [0.1, 0.15) is 10.6 Å². The molecule has 1 heterocycles. The Morgan fingerprint density at radius 3 is 2.29 bits per heavy atom. The second-order valence-corrected chi connectivity index (χ2v) is 7.04. The Kier molecular flexibility index (Phi) is 4.42. The van der Waals surface area contributed by atoms with Crippen LogP contribution in [0.2, 0.25) is 5.02 Å². The molecule has 0 spiro atoms. The van der Waals surface area contributed by atoms with Crippen molar-refractivity contribution in [3.63, 3.8) is 0 Å². The van der Waals surface area contributed by atoms with E-state index in [1.54, 1.807) is 36.4 Å². The number of ether oxygens (including phenoxy) is 1. The number of hydrogen-bond acceptors (Lipinski definition) is 5. The maximum absolute atomic E-state index is 12.4. The molecule has 0 N–H and O–H groups in total. The lowest BCUT2D eigenvalue weighted by Gasteiger charge is -2.04. The van der Waals surface area contributed by atoms with Gasteiger partial charge in [0.05, 0.1) is 9.92 Å². The van der Waals surface area contributed by atoms with E-state index in [0.717, 1.165) is 0 Å². The van der Waals surface area contributed by atoms with Gasteiger partial charge in [-0.05, 0) is 36.4 Å². The van der Waals surface area contributed by atoms with E-state index in [-0.39, 0.29) is 26.5 Å². The summed E-state index contributed by atoms with van der Waals surface area (Å²) in [6.07, 6.45) is 0. The molecule has 0 saturated heterocycles. The molecule has 0 amide bonds. The number of benzene rings is 2. The quantitative estimate of drug-likeness (QED) is 0.518. The van der Waals surface area contributed by atoms with Crippen molar-refractivity contribution in [1.82, 2.24) is 0 Å². The van der Waals surface area contributed by atoms with Gasteiger partial charge in [0, 0.05) is 0 Å². The van der Waals surface area contributed by atoms with Crippen LogP contribution >= 0.6 is 11.6 Å². The molecule has 0 radical (unpaired) electrons. The van der Waals surface area contributed by atoms with E-state index in [1.807, 2.05) is 0 Å². The summed E-state index contributed by atoms with van der Waals surface area (Å²) >= 11 is 5.91. The number of hydrogen-bond donors (Lipinski definition) is 0. The van der Waals surface area contributed by atoms with Crippen LogP contribution in [0.25, 0.3) is 0 Å². The van der Waals surface area contributed by atoms with E-state index in [1.165, 1.54) is 30.3 Å². The van der Waals surface area contributed by atoms with Crippen molar-refractivity contribution >= 4 is 27.4 Å². The summed E-state index contributed by atoms with van der Waals surface area (Å²) in [6.45, 7) is 0. The second kappa shape index (κ2) is 6.51. The third-order valence-electron chi connectivity index (χ3n) is 3.14. The summed E-state index contributed by atoms with van der Waals surface area (Å²) in [4.78, 5) is 12.1. The number of furan rings is 1. The standard InChI is InChI=1S/C17H11ClO5S/c18-13-8-4-5-9-14(13)23-17(19)15-10-11-16(22-15)24(20,21)12-6-2-1-3-7-12/h1-11H. The largest absolute Gasteiger partial charge is 0.437 e. The number of para-hydroxylation sites is 1. The fraction of sp³-hybridized carbons (Fsp3) is 0. The third-order valence-corrected chi connectivity index (χ3v) is 5.09. The van der Waals surface area contributed by atoms with Gasteiger partial charge in [-0.15, -0.1) is 0 Å². The highest BCUT2D eigenvalue weighted by Crippen LogP contribution is 2.26. The minimum absolute atomic E-state index is 0.0744. The van der Waals surface area contributed by atoms with Crippen LogP contribution in [0.5, 0.6) is 5.75 Å². The van der Waals surface area contributed by atoms with E-state index < -0.39 is 15.8 Å². The first-order valence-electron chi connectivity index (χ1n) is 6.85. The zero-order valence-corrected chi connectivity index (χ0v) is 13.8. The van der Waals surface area contributed by atoms with Crippen molar-refractivity contribution in [2.75, 3.05) is 0 Å². The predicted octanol–water partition coefficient (Wildman–Crippen LogP) is 3.99. The van der Waals surface area contributed by atoms with E-state index >= 15 is 0 Å². The SMILES string of the molecule is O=C(Oc1ccccc1Cl)c1ccc(S(=O)(=O)c2ccccc2)o1. The van der Waals surface area contributed by atoms with Gasteiger partial charge in [-0.3, -0.25) is 0 Å². The van der Waals surface area contributed by atoms with Crippen molar-refractivity contribution in [2.45, 2.75) is 9.99 Å². The first-order chi connectivity index (χ1) is 11.5. The molecule has 0 fully saturated rings. The zero-order chi connectivity index (χ0) is 17.2. The minimum Gasteiger partial charge on any atom is -0.437 e. The molecule has 2 aromatic carbocycles. The summed E-state index contributed by atoms with van der Waals surface area (Å²) in [6, 6.07) is 16.7. The van der Waals surface area contributed by atoms with Gasteiger partial charge >= 0.3 is 5.97 Å². The lowest BCUT2D eigenvalue weighted by Crippen LogP contribution is -2.07. The highest BCUT2D eigenvalue weighted by Gasteiger charge is 2.24. The van der Waals surface area contributed by atoms with Crippen molar-refractivity contribution in [3.05, 3.63) is 77.5 Å². The smallest absolute Gasteiger partial charge is 0.379 e. The number of halogens is 1. The average molecular weight is 363 g/mol. The van der Waals surface area contributed by atoms with Crippen LogP contribution in [-0.2, 0) is 9.84 Å². The van der Waals surface area contributed by atoms with Crippen molar-refractivity contribution in [3.8, 4) is 5.75 Å². The summed E-state index contributed by atoms with van der Waals surface area (Å²) in [5.41, 5.74) is 0. The predicted molar refractivity (Wildman–Crippen MR) is 87.0 cm³/mol. The highest BCUT2D eigenvalue weighted by atomic mass is 35.5. The van der Waals surface area contributed by atoms with Crippen LogP contribution in [-0.4, -0.2) is 14.4 Å². The van der Waals surface area contributed by atoms with E-state index in [4.69, 9.17) is 20.8 Å². The van der Waals surface area contributed by atoms with Crippen LogP contribution in [0.3, 0.4) is 0 Å². The Morgan fingerprint density at radius 2 is 1.58 bits per heavy atom. The lowest BCUT2D eigenvalue weighted by molar-refractivity contribution is 0.0695. The lowest BCUT2D eigenvalue weighted by atomic mass is 10.3. The number of rotatable bonds is 4. The first kappa shape index (κ1) is 16.3. The Bertz CT molecular complexity index is 977. The molecule has 0 atom stereocenters. The van der Waals surface area contributed by atoms with Gasteiger partial charge in [-0.25, -0.2) is 13.2 Å². The molecule has 1 aromatic heterocycles. The molecule has 3 aromatic rings. The Labute approximate surface area is 143 Å². The van der Waals surface area contributed by atoms with Gasteiger partial charge in [0.1, 0.15) is 5.75 Å². The Balaban J connectivity index is 1.86. The molecule has 0 aliphatic rings. The molecule has 3 rings (SSSR count). The number of esters is 1. The Hall–Kier alpha value is -2.57. The zero-order valence-electron chi connectivity index (χ0n) is 12.2. The second-order valence-electron chi connectivity index (χ2n) is 4.76. The monoisotopic (exact) mass is 362 g/mol. The van der Waals surface area contributed by atoms with Gasteiger partial charge in [-0.1, -0.05) is 41.9 Å². The molecular weight excluding hydrogens is 352 g/mol. The minimum atomic E-state index is -3.83. The molecule has 0 bridgehead atoms. The molecule has 7 heteroatoms. The fourth-order valence-corrected chi connectivity index (χ4v) is 3.34. The third kappa shape index (κ3) is 3.20. The van der Waals surface area contributed by atoms with Gasteiger partial charge in [-0.2, -0.15) is 0 Å². The molecule has 122 valence electrons. The molecule has 24 heavy (non-hydrogen) atoms. The topological polar surface area (TPSA) is 73.6 Å². The van der Waals surface area contributed by atoms with Crippen LogP contribution in [0.4, 0.5) is 0 Å². The van der Waals surface area contributed by atoms with Crippen molar-refractivity contribution in [2.24, 2.45) is 0 Å². The molecule has 0 aliphatic heterocycles. The summed E-state index contributed by atoms with van der Waals surface area (Å²) in [5, 5.41) is -0.0747. The van der Waals surface area contributed by atoms with E-state index in [0.29, 0.717) is 0 Å². The van der Waals surface area contributed by atoms with Crippen molar-refractivity contribution < 1.29 is 22.4 Å². The van der Waals surface area contributed by atoms with Gasteiger partial charge in [0.15, 0.2) is 0 Å². The maximum Gasteiger partial charge on any atom is 0.379 e. The van der Waals surface area contributed by atoms with Crippen LogP contribution in [0, 0.1) is 0 Å². The van der Waals surface area contributed by atoms with Crippen LogP contribution in [0.15, 0.2) is 81.1 Å². The summed E-state index contributed by atoms with van der Waals surface area (Å²) in [5.74, 6) is -0.907. The van der Waals surface area contributed by atoms with E-state index in [9.17, 15) is 13.2 Å². The molecule has 0 unspecified atom stereocenters. The highest BCUT2D eigenvalue weighted by molar-refractivity contribution is 7.91. The molecule has 0 saturated carbocycles. The number of carbonyl (C=O) groups is 1. The normalized spacial score (nSPS) is 11.2. The maximum atomic E-state index is 12.4. The van der Waals surface area contributed by atoms with Crippen molar-refractivity contribution in [1.29, 1.82) is 0 Å². The molecule has 5 nitrogen and oxygen atoms in total. The Morgan fingerprint density at radius 1 is 0.917 bits per heavy atom. The van der Waals surface area contributed by atoms with Gasteiger partial charge < -0.3 is 9.15 Å². The molecule has 0 aliphatic carbocycles. The summed E-state index contributed by atoms with van der Waals surface area (Å²) in [7, 11) is -3.83. The molecular formula is C17H11ClO5S. The number of sulfone groups is 1. The number of carbonyl (C=O) groups excluding carboxylic acids is 1. The first-order valence-corrected chi connectivity index (χ1v) is 8.71. The van der Waals surface area contributed by atoms with E-state index in [2.05, 4.69) is 0 Å². The fourth-order valence-electron chi connectivity index (χ4n) is 1.97. The average Bonchev–Trinajstić information content (AvgIpc) is 3.09.